The van der Waals surface area contributed by atoms with E-state index in [1.165, 1.54) is 0 Å². The zero-order valence-electron chi connectivity index (χ0n) is 16.3. The second-order valence-electron chi connectivity index (χ2n) is 7.83. The number of rotatable bonds is 3. The predicted molar refractivity (Wildman–Crippen MR) is 106 cm³/mol. The Morgan fingerprint density at radius 3 is 2.90 bits per heavy atom. The van der Waals surface area contributed by atoms with Crippen LogP contribution in [0.1, 0.15) is 24.8 Å². The summed E-state index contributed by atoms with van der Waals surface area (Å²) in [4.78, 5) is 25.3. The molecule has 3 N–H and O–H groups in total. The maximum Gasteiger partial charge on any atom is 0.317 e. The number of nitrogens with zero attached hydrogens (tertiary/aromatic N) is 6. The van der Waals surface area contributed by atoms with E-state index in [2.05, 4.69) is 25.3 Å². The number of likely N-dealkylation sites (tertiary alicyclic amines) is 1. The van der Waals surface area contributed by atoms with Crippen molar-refractivity contribution in [2.75, 3.05) is 32.4 Å². The van der Waals surface area contributed by atoms with Gasteiger partial charge in [0.2, 0.25) is 11.8 Å². The molecule has 3 aromatic rings. The number of carbonyl (C=O) groups excluding carboxylic acids is 1. The number of carbonyl (C=O) groups is 1. The SMILES string of the molecule is CN1C(=O)NCCC12CCN(Cc1cnc(N)n3nc(-c4ccco4)nc13)CC2. The zero-order valence-corrected chi connectivity index (χ0v) is 16.3. The molecule has 0 radical (unpaired) electrons. The number of nitrogen functional groups attached to an aromatic ring is 1. The van der Waals surface area contributed by atoms with Crippen LogP contribution in [-0.2, 0) is 6.54 Å². The van der Waals surface area contributed by atoms with Gasteiger partial charge in [0, 0.05) is 50.5 Å². The van der Waals surface area contributed by atoms with Crippen LogP contribution < -0.4 is 11.1 Å². The molecule has 3 aromatic heterocycles. The van der Waals surface area contributed by atoms with Gasteiger partial charge in [-0.15, -0.1) is 5.10 Å². The van der Waals surface area contributed by atoms with Crippen LogP contribution in [0.2, 0.25) is 0 Å². The summed E-state index contributed by atoms with van der Waals surface area (Å²) in [7, 11) is 1.91. The van der Waals surface area contributed by atoms with E-state index in [9.17, 15) is 4.79 Å². The molecule has 1 spiro atoms. The summed E-state index contributed by atoms with van der Waals surface area (Å²) < 4.78 is 6.98. The van der Waals surface area contributed by atoms with Crippen molar-refractivity contribution in [2.24, 2.45) is 0 Å². The number of hydrogen-bond donors (Lipinski definition) is 2. The Hall–Kier alpha value is -3.14. The van der Waals surface area contributed by atoms with Gasteiger partial charge in [-0.3, -0.25) is 4.90 Å². The molecule has 152 valence electrons. The standard InChI is InChI=1S/C19H24N8O2/c1-25-18(28)21-7-4-19(25)5-8-26(9-6-19)12-13-11-22-17(20)27-16(13)23-15(24-27)14-3-2-10-29-14/h2-3,10-11H,4-9,12H2,1H3,(H2,20,22)(H,21,28). The second-order valence-corrected chi connectivity index (χ2v) is 7.83. The van der Waals surface area contributed by atoms with Crippen LogP contribution in [0.5, 0.6) is 0 Å². The number of amides is 2. The molecule has 0 atom stereocenters. The molecule has 2 saturated heterocycles. The van der Waals surface area contributed by atoms with Gasteiger partial charge in [0.05, 0.1) is 6.26 Å². The van der Waals surface area contributed by atoms with Crippen molar-refractivity contribution in [3.8, 4) is 11.6 Å². The zero-order chi connectivity index (χ0) is 20.0. The van der Waals surface area contributed by atoms with E-state index >= 15 is 0 Å². The number of hydrogen-bond acceptors (Lipinski definition) is 7. The normalized spacial score (nSPS) is 19.8. The van der Waals surface area contributed by atoms with Crippen molar-refractivity contribution in [2.45, 2.75) is 31.3 Å². The Morgan fingerprint density at radius 1 is 1.31 bits per heavy atom. The van der Waals surface area contributed by atoms with Crippen molar-refractivity contribution in [3.63, 3.8) is 0 Å². The van der Waals surface area contributed by atoms with E-state index < -0.39 is 0 Å². The highest BCUT2D eigenvalue weighted by Gasteiger charge is 2.42. The Kier molecular flexibility index (Phi) is 4.16. The van der Waals surface area contributed by atoms with Gasteiger partial charge >= 0.3 is 6.03 Å². The van der Waals surface area contributed by atoms with E-state index in [1.54, 1.807) is 23.0 Å². The van der Waals surface area contributed by atoms with Crippen LogP contribution in [0.3, 0.4) is 0 Å². The summed E-state index contributed by atoms with van der Waals surface area (Å²) in [6.07, 6.45) is 6.28. The summed E-state index contributed by atoms with van der Waals surface area (Å²) in [5.74, 6) is 1.38. The minimum Gasteiger partial charge on any atom is -0.461 e. The first-order valence-corrected chi connectivity index (χ1v) is 9.84. The number of piperidine rings is 1. The molecule has 0 saturated carbocycles. The van der Waals surface area contributed by atoms with Gasteiger partial charge < -0.3 is 20.4 Å². The third-order valence-corrected chi connectivity index (χ3v) is 6.27. The minimum atomic E-state index is -0.0329. The lowest BCUT2D eigenvalue weighted by atomic mass is 9.82. The molecule has 2 aliphatic rings. The highest BCUT2D eigenvalue weighted by atomic mass is 16.3. The molecule has 0 bridgehead atoms. The molecule has 2 aliphatic heterocycles. The first-order chi connectivity index (χ1) is 14.1. The smallest absolute Gasteiger partial charge is 0.317 e. The molecule has 2 amide bonds. The van der Waals surface area contributed by atoms with Crippen molar-refractivity contribution in [3.05, 3.63) is 30.2 Å². The van der Waals surface area contributed by atoms with Crippen LogP contribution in [0, 0.1) is 0 Å². The molecule has 0 unspecified atom stereocenters. The van der Waals surface area contributed by atoms with Crippen LogP contribution in [-0.4, -0.2) is 67.6 Å². The number of furan rings is 1. The number of anilines is 1. The topological polar surface area (TPSA) is 118 Å². The van der Waals surface area contributed by atoms with E-state index in [4.69, 9.17) is 10.2 Å². The molecule has 10 nitrogen and oxygen atoms in total. The molecule has 0 aliphatic carbocycles. The molecular formula is C19H24N8O2. The van der Waals surface area contributed by atoms with Crippen molar-refractivity contribution < 1.29 is 9.21 Å². The Bertz CT molecular complexity index is 1040. The van der Waals surface area contributed by atoms with Gasteiger partial charge in [-0.1, -0.05) is 0 Å². The maximum atomic E-state index is 12.1. The average molecular weight is 396 g/mol. The summed E-state index contributed by atoms with van der Waals surface area (Å²) in [6.45, 7) is 3.28. The van der Waals surface area contributed by atoms with Gasteiger partial charge in [-0.2, -0.15) is 4.52 Å². The monoisotopic (exact) mass is 396 g/mol. The van der Waals surface area contributed by atoms with E-state index in [1.807, 2.05) is 18.0 Å². The third kappa shape index (κ3) is 3.00. The number of nitrogens with one attached hydrogen (secondary N) is 1. The lowest BCUT2D eigenvalue weighted by molar-refractivity contribution is 0.0387. The predicted octanol–water partition coefficient (Wildman–Crippen LogP) is 1.35. The minimum absolute atomic E-state index is 0.0306. The maximum absolute atomic E-state index is 12.1. The molecule has 5 heterocycles. The lowest BCUT2D eigenvalue weighted by Gasteiger charge is -2.49. The Labute approximate surface area is 167 Å². The highest BCUT2D eigenvalue weighted by Crippen LogP contribution is 2.34. The fourth-order valence-electron chi connectivity index (χ4n) is 4.42. The molecule has 10 heteroatoms. The molecule has 0 aromatic carbocycles. The van der Waals surface area contributed by atoms with Crippen molar-refractivity contribution in [1.29, 1.82) is 0 Å². The lowest BCUT2D eigenvalue weighted by Crippen LogP contribution is -2.62. The third-order valence-electron chi connectivity index (χ3n) is 6.27. The fourth-order valence-corrected chi connectivity index (χ4v) is 4.42. The van der Waals surface area contributed by atoms with Gasteiger partial charge in [-0.05, 0) is 31.4 Å². The summed E-state index contributed by atoms with van der Waals surface area (Å²) in [5.41, 5.74) is 7.64. The summed E-state index contributed by atoms with van der Waals surface area (Å²) in [5, 5.41) is 7.37. The van der Waals surface area contributed by atoms with Gasteiger partial charge in [0.25, 0.3) is 0 Å². The summed E-state index contributed by atoms with van der Waals surface area (Å²) in [6, 6.07) is 3.65. The number of nitrogens with two attached hydrogens (primary N) is 1. The highest BCUT2D eigenvalue weighted by molar-refractivity contribution is 5.75. The average Bonchev–Trinajstić information content (AvgIpc) is 3.40. The van der Waals surface area contributed by atoms with Crippen LogP contribution in [0.25, 0.3) is 17.2 Å². The van der Waals surface area contributed by atoms with Gasteiger partial charge in [0.1, 0.15) is 0 Å². The van der Waals surface area contributed by atoms with Gasteiger partial charge in [0.15, 0.2) is 11.4 Å². The Morgan fingerprint density at radius 2 is 2.14 bits per heavy atom. The largest absolute Gasteiger partial charge is 0.461 e. The second kappa shape index (κ2) is 6.73. The number of urea groups is 1. The number of fused-ring (bicyclic) bond motifs is 1. The van der Waals surface area contributed by atoms with E-state index in [0.717, 1.165) is 44.5 Å². The summed E-state index contributed by atoms with van der Waals surface area (Å²) >= 11 is 0. The molecule has 2 fully saturated rings. The Balaban J connectivity index is 1.36. The van der Waals surface area contributed by atoms with Crippen LogP contribution in [0.4, 0.5) is 10.7 Å². The van der Waals surface area contributed by atoms with E-state index in [-0.39, 0.29) is 11.6 Å². The van der Waals surface area contributed by atoms with E-state index in [0.29, 0.717) is 29.7 Å². The number of aromatic nitrogens is 4. The first kappa shape index (κ1) is 17.9. The van der Waals surface area contributed by atoms with Crippen LogP contribution in [0.15, 0.2) is 29.0 Å². The first-order valence-electron chi connectivity index (χ1n) is 9.84. The van der Waals surface area contributed by atoms with Crippen LogP contribution >= 0.6 is 0 Å². The van der Waals surface area contributed by atoms with Crippen molar-refractivity contribution >= 4 is 17.6 Å². The molecule has 5 rings (SSSR count). The fraction of sp³-hybridized carbons (Fsp3) is 0.474. The quantitative estimate of drug-likeness (QED) is 0.686. The molecule has 29 heavy (non-hydrogen) atoms. The van der Waals surface area contributed by atoms with Gasteiger partial charge in [-0.25, -0.2) is 14.8 Å². The van der Waals surface area contributed by atoms with Crippen molar-refractivity contribution in [1.82, 2.24) is 34.7 Å². The molecular weight excluding hydrogens is 372 g/mol.